The highest BCUT2D eigenvalue weighted by Crippen LogP contribution is 2.27. The van der Waals surface area contributed by atoms with Crippen molar-refractivity contribution in [2.45, 2.75) is 70.7 Å². The number of carbonyl (C=O) groups excluding carboxylic acids is 1. The third-order valence-electron chi connectivity index (χ3n) is 4.73. The average molecular weight is 350 g/mol. The Morgan fingerprint density at radius 3 is 2.67 bits per heavy atom. The summed E-state index contributed by atoms with van der Waals surface area (Å²) < 4.78 is 5.89. The summed E-state index contributed by atoms with van der Waals surface area (Å²) in [5.74, 6) is 1.77. The van der Waals surface area contributed by atoms with Gasteiger partial charge < -0.3 is 10.1 Å². The fraction of sp³-hybridized carbons (Fsp3) is 0.650. The van der Waals surface area contributed by atoms with Crippen LogP contribution in [0.3, 0.4) is 0 Å². The molecule has 24 heavy (non-hydrogen) atoms. The molecule has 0 bridgehead atoms. The fourth-order valence-corrected chi connectivity index (χ4v) is 4.24. The van der Waals surface area contributed by atoms with E-state index in [1.165, 1.54) is 43.2 Å². The third kappa shape index (κ3) is 6.04. The molecule has 3 nitrogen and oxygen atoms in total. The van der Waals surface area contributed by atoms with Crippen molar-refractivity contribution >= 4 is 17.7 Å². The molecule has 1 atom stereocenters. The molecule has 1 aliphatic carbocycles. The molecule has 0 heterocycles. The number of nitrogens with one attached hydrogen (secondary N) is 1. The van der Waals surface area contributed by atoms with E-state index in [0.29, 0.717) is 6.42 Å². The van der Waals surface area contributed by atoms with E-state index in [1.54, 1.807) is 0 Å². The molecular formula is C20H31NO2S. The van der Waals surface area contributed by atoms with Crippen molar-refractivity contribution in [3.8, 4) is 5.75 Å². The number of aryl methyl sites for hydroxylation is 2. The molecule has 0 unspecified atom stereocenters. The van der Waals surface area contributed by atoms with Gasteiger partial charge in [0.05, 0.1) is 0 Å². The van der Waals surface area contributed by atoms with Crippen molar-refractivity contribution in [2.75, 3.05) is 12.3 Å². The predicted molar refractivity (Wildman–Crippen MR) is 103 cm³/mol. The van der Waals surface area contributed by atoms with Gasteiger partial charge in [-0.15, -0.1) is 0 Å². The standard InChI is InChI=1S/C20H31NO2S/c1-4-19(23-17-11-10-15(2)16(3)14-17)20(22)21-12-13-24-18-8-6-5-7-9-18/h10-11,14,18-19H,4-9,12-13H2,1-3H3,(H,21,22)/t19-/m0/s1. The Bertz CT molecular complexity index is 526. The molecule has 1 saturated carbocycles. The van der Waals surface area contributed by atoms with Crippen molar-refractivity contribution in [1.29, 1.82) is 0 Å². The predicted octanol–water partition coefficient (Wildman–Crippen LogP) is 4.64. The second-order valence-corrected chi connectivity index (χ2v) is 8.09. The molecule has 0 spiro atoms. The summed E-state index contributed by atoms with van der Waals surface area (Å²) in [6, 6.07) is 5.98. The van der Waals surface area contributed by atoms with Crippen molar-refractivity contribution in [2.24, 2.45) is 0 Å². The van der Waals surface area contributed by atoms with Crippen LogP contribution in [-0.4, -0.2) is 29.6 Å². The summed E-state index contributed by atoms with van der Waals surface area (Å²) in [6.07, 6.45) is 7.07. The van der Waals surface area contributed by atoms with E-state index >= 15 is 0 Å². The maximum atomic E-state index is 12.3. The first-order valence-corrected chi connectivity index (χ1v) is 10.3. The van der Waals surface area contributed by atoms with Crippen LogP contribution in [0, 0.1) is 13.8 Å². The van der Waals surface area contributed by atoms with Crippen LogP contribution in [0.5, 0.6) is 5.75 Å². The van der Waals surface area contributed by atoms with Gasteiger partial charge in [-0.2, -0.15) is 11.8 Å². The number of hydrogen-bond acceptors (Lipinski definition) is 3. The summed E-state index contributed by atoms with van der Waals surface area (Å²) in [5.41, 5.74) is 2.42. The Morgan fingerprint density at radius 2 is 2.00 bits per heavy atom. The second kappa shape index (κ2) is 9.97. The third-order valence-corrected chi connectivity index (χ3v) is 6.11. The largest absolute Gasteiger partial charge is 0.481 e. The summed E-state index contributed by atoms with van der Waals surface area (Å²) >= 11 is 2.01. The van der Waals surface area contributed by atoms with E-state index in [0.717, 1.165) is 23.3 Å². The lowest BCUT2D eigenvalue weighted by molar-refractivity contribution is -0.127. The van der Waals surface area contributed by atoms with Crippen molar-refractivity contribution in [3.63, 3.8) is 0 Å². The van der Waals surface area contributed by atoms with Crippen LogP contribution in [-0.2, 0) is 4.79 Å². The van der Waals surface area contributed by atoms with Crippen molar-refractivity contribution in [3.05, 3.63) is 29.3 Å². The zero-order valence-electron chi connectivity index (χ0n) is 15.3. The average Bonchev–Trinajstić information content (AvgIpc) is 2.60. The van der Waals surface area contributed by atoms with Crippen LogP contribution in [0.4, 0.5) is 0 Å². The molecule has 1 aromatic carbocycles. The molecule has 0 radical (unpaired) electrons. The zero-order valence-corrected chi connectivity index (χ0v) is 16.1. The van der Waals surface area contributed by atoms with Gasteiger partial charge in [0.2, 0.25) is 0 Å². The van der Waals surface area contributed by atoms with Gasteiger partial charge in [-0.25, -0.2) is 0 Å². The lowest BCUT2D eigenvalue weighted by Gasteiger charge is -2.21. The number of thioether (sulfide) groups is 1. The number of benzene rings is 1. The minimum atomic E-state index is -0.410. The van der Waals surface area contributed by atoms with E-state index in [-0.39, 0.29) is 5.91 Å². The number of ether oxygens (including phenoxy) is 1. The SMILES string of the molecule is CC[C@H](Oc1ccc(C)c(C)c1)C(=O)NCCSC1CCCCC1. The Morgan fingerprint density at radius 1 is 1.25 bits per heavy atom. The molecule has 1 aliphatic rings. The molecule has 0 aromatic heterocycles. The normalized spacial score (nSPS) is 16.6. The summed E-state index contributed by atoms with van der Waals surface area (Å²) in [6.45, 7) is 6.85. The molecule has 2 rings (SSSR count). The zero-order chi connectivity index (χ0) is 17.4. The van der Waals surface area contributed by atoms with Gasteiger partial charge in [0, 0.05) is 17.5 Å². The second-order valence-electron chi connectivity index (χ2n) is 6.68. The van der Waals surface area contributed by atoms with E-state index in [2.05, 4.69) is 19.2 Å². The van der Waals surface area contributed by atoms with Crippen molar-refractivity contribution < 1.29 is 9.53 Å². The Labute approximate surface area is 150 Å². The van der Waals surface area contributed by atoms with Crippen molar-refractivity contribution in [1.82, 2.24) is 5.32 Å². The maximum Gasteiger partial charge on any atom is 0.261 e. The van der Waals surface area contributed by atoms with Crippen LogP contribution >= 0.6 is 11.8 Å². The van der Waals surface area contributed by atoms with E-state index in [4.69, 9.17) is 4.74 Å². The highest BCUT2D eigenvalue weighted by atomic mass is 32.2. The van der Waals surface area contributed by atoms with E-state index in [9.17, 15) is 4.79 Å². The smallest absolute Gasteiger partial charge is 0.261 e. The van der Waals surface area contributed by atoms with E-state index < -0.39 is 6.10 Å². The Hall–Kier alpha value is -1.16. The van der Waals surface area contributed by atoms with Gasteiger partial charge in [0.1, 0.15) is 5.75 Å². The molecule has 1 N–H and O–H groups in total. The maximum absolute atomic E-state index is 12.3. The molecule has 0 saturated heterocycles. The molecule has 0 aliphatic heterocycles. The minimum Gasteiger partial charge on any atom is -0.481 e. The number of hydrogen-bond donors (Lipinski definition) is 1. The number of rotatable bonds is 8. The molecule has 1 amide bonds. The first kappa shape index (κ1) is 19.2. The van der Waals surface area contributed by atoms with Gasteiger partial charge in [-0.05, 0) is 56.4 Å². The van der Waals surface area contributed by atoms with E-state index in [1.807, 2.05) is 36.9 Å². The van der Waals surface area contributed by atoms with Crippen LogP contribution in [0.25, 0.3) is 0 Å². The first-order chi connectivity index (χ1) is 11.6. The van der Waals surface area contributed by atoms with Crippen LogP contribution in [0.1, 0.15) is 56.6 Å². The van der Waals surface area contributed by atoms with Gasteiger partial charge >= 0.3 is 0 Å². The highest BCUT2D eigenvalue weighted by molar-refractivity contribution is 7.99. The Kier molecular flexibility index (Phi) is 7.97. The summed E-state index contributed by atoms with van der Waals surface area (Å²) in [5, 5.41) is 3.83. The number of amides is 1. The lowest BCUT2D eigenvalue weighted by Crippen LogP contribution is -2.39. The van der Waals surface area contributed by atoms with Crippen LogP contribution in [0.2, 0.25) is 0 Å². The van der Waals surface area contributed by atoms with Gasteiger partial charge in [0.25, 0.3) is 5.91 Å². The molecule has 1 aromatic rings. The topological polar surface area (TPSA) is 38.3 Å². The number of carbonyl (C=O) groups is 1. The monoisotopic (exact) mass is 349 g/mol. The molecule has 4 heteroatoms. The summed E-state index contributed by atoms with van der Waals surface area (Å²) in [4.78, 5) is 12.3. The fourth-order valence-electron chi connectivity index (χ4n) is 3.02. The van der Waals surface area contributed by atoms with Gasteiger partial charge in [-0.3, -0.25) is 4.79 Å². The first-order valence-electron chi connectivity index (χ1n) is 9.23. The van der Waals surface area contributed by atoms with Crippen LogP contribution < -0.4 is 10.1 Å². The minimum absolute atomic E-state index is 0.0000257. The lowest BCUT2D eigenvalue weighted by atomic mass is 10.0. The highest BCUT2D eigenvalue weighted by Gasteiger charge is 2.18. The summed E-state index contributed by atoms with van der Waals surface area (Å²) in [7, 11) is 0. The van der Waals surface area contributed by atoms with Crippen LogP contribution in [0.15, 0.2) is 18.2 Å². The Balaban J connectivity index is 1.73. The molecule has 1 fully saturated rings. The molecule has 134 valence electrons. The van der Waals surface area contributed by atoms with Gasteiger partial charge in [-0.1, -0.05) is 32.3 Å². The van der Waals surface area contributed by atoms with Gasteiger partial charge in [0.15, 0.2) is 6.10 Å². The molecular weight excluding hydrogens is 318 g/mol. The quantitative estimate of drug-likeness (QED) is 0.695.